The van der Waals surface area contributed by atoms with E-state index in [4.69, 9.17) is 22.1 Å². The molecule has 2 heterocycles. The van der Waals surface area contributed by atoms with E-state index < -0.39 is 0 Å². The van der Waals surface area contributed by atoms with Crippen LogP contribution in [0.25, 0.3) is 23.0 Å². The summed E-state index contributed by atoms with van der Waals surface area (Å²) in [5.74, 6) is 0.782. The monoisotopic (exact) mass is 501 g/mol. The van der Waals surface area contributed by atoms with Gasteiger partial charge in [0.25, 0.3) is 5.91 Å². The van der Waals surface area contributed by atoms with Crippen LogP contribution in [0, 0.1) is 0 Å². The number of benzene rings is 2. The van der Waals surface area contributed by atoms with Gasteiger partial charge in [-0.15, -0.1) is 0 Å². The summed E-state index contributed by atoms with van der Waals surface area (Å²) in [6, 6.07) is 18.0. The van der Waals surface area contributed by atoms with Crippen LogP contribution in [-0.2, 0) is 4.79 Å². The van der Waals surface area contributed by atoms with Gasteiger partial charge in [0.05, 0.1) is 16.3 Å². The maximum atomic E-state index is 13.4. The first-order chi connectivity index (χ1) is 17.1. The van der Waals surface area contributed by atoms with Crippen molar-refractivity contribution in [2.45, 2.75) is 38.1 Å². The van der Waals surface area contributed by atoms with Gasteiger partial charge >= 0.3 is 0 Å². The predicted octanol–water partition coefficient (Wildman–Crippen LogP) is 6.64. The lowest BCUT2D eigenvalue weighted by molar-refractivity contribution is -0.124. The maximum absolute atomic E-state index is 13.4. The highest BCUT2D eigenvalue weighted by molar-refractivity contribution is 8.26. The fraction of sp³-hybridized carbons (Fsp3) is 0.250. The lowest BCUT2D eigenvalue weighted by Crippen LogP contribution is -2.39. The number of nitrogens with zero attached hydrogens (tertiary/aromatic N) is 3. The molecule has 5 nitrogen and oxygen atoms in total. The molecular weight excluding hydrogens is 474 g/mol. The number of thiocarbonyl (C=S) groups is 1. The number of amides is 1. The zero-order valence-electron chi connectivity index (χ0n) is 19.4. The van der Waals surface area contributed by atoms with E-state index in [1.54, 1.807) is 6.08 Å². The van der Waals surface area contributed by atoms with Crippen LogP contribution in [0.15, 0.2) is 78.4 Å². The number of rotatable bonds is 7. The topological polar surface area (TPSA) is 47.4 Å². The van der Waals surface area contributed by atoms with Crippen molar-refractivity contribution in [3.05, 3.63) is 83.9 Å². The molecule has 0 unspecified atom stereocenters. The number of aromatic nitrogens is 2. The smallest absolute Gasteiger partial charge is 0.266 e. The summed E-state index contributed by atoms with van der Waals surface area (Å²) in [7, 11) is 0. The molecule has 1 saturated heterocycles. The van der Waals surface area contributed by atoms with Gasteiger partial charge in [-0.25, -0.2) is 4.68 Å². The van der Waals surface area contributed by atoms with E-state index in [0.29, 0.717) is 15.8 Å². The number of thioether (sulfide) groups is 1. The lowest BCUT2D eigenvalue weighted by Gasteiger charge is -2.29. The molecule has 1 aromatic heterocycles. The Morgan fingerprint density at radius 1 is 1.09 bits per heavy atom. The number of ether oxygens (including phenoxy) is 1. The molecule has 3 aromatic rings. The number of para-hydroxylation sites is 1. The summed E-state index contributed by atoms with van der Waals surface area (Å²) in [6.45, 7) is 4.15. The maximum Gasteiger partial charge on any atom is 0.266 e. The van der Waals surface area contributed by atoms with Crippen LogP contribution in [0.3, 0.4) is 0 Å². The van der Waals surface area contributed by atoms with Crippen molar-refractivity contribution in [1.82, 2.24) is 14.7 Å². The molecule has 5 rings (SSSR count). The minimum atomic E-state index is 0.0125. The molecule has 0 radical (unpaired) electrons. The van der Waals surface area contributed by atoms with E-state index >= 15 is 0 Å². The van der Waals surface area contributed by atoms with Crippen LogP contribution in [0.5, 0.6) is 5.75 Å². The third-order valence-electron chi connectivity index (χ3n) is 6.31. The van der Waals surface area contributed by atoms with Gasteiger partial charge in [-0.3, -0.25) is 9.69 Å². The van der Waals surface area contributed by atoms with Gasteiger partial charge < -0.3 is 4.74 Å². The quantitative estimate of drug-likeness (QED) is 0.206. The second kappa shape index (κ2) is 10.6. The van der Waals surface area contributed by atoms with Crippen molar-refractivity contribution in [1.29, 1.82) is 0 Å². The highest BCUT2D eigenvalue weighted by Gasteiger charge is 2.37. The van der Waals surface area contributed by atoms with Crippen molar-refractivity contribution < 1.29 is 9.53 Å². The zero-order valence-corrected chi connectivity index (χ0v) is 21.1. The van der Waals surface area contributed by atoms with Crippen molar-refractivity contribution in [3.8, 4) is 22.7 Å². The van der Waals surface area contributed by atoms with Gasteiger partial charge in [0.1, 0.15) is 16.7 Å². The molecular formula is C28H27N3O2S2. The zero-order chi connectivity index (χ0) is 24.2. The van der Waals surface area contributed by atoms with Crippen LogP contribution in [0.2, 0.25) is 0 Å². The Morgan fingerprint density at radius 3 is 2.54 bits per heavy atom. The number of carbonyl (C=O) groups is 1. The Kier molecular flexibility index (Phi) is 7.16. The second-order valence-corrected chi connectivity index (χ2v) is 10.4. The van der Waals surface area contributed by atoms with E-state index in [0.717, 1.165) is 53.9 Å². The molecule has 2 fully saturated rings. The van der Waals surface area contributed by atoms with Gasteiger partial charge in [-0.2, -0.15) is 5.10 Å². The van der Waals surface area contributed by atoms with Gasteiger partial charge in [0, 0.05) is 23.4 Å². The van der Waals surface area contributed by atoms with Gasteiger partial charge in [0.15, 0.2) is 0 Å². The van der Waals surface area contributed by atoms with Crippen LogP contribution < -0.4 is 4.74 Å². The fourth-order valence-corrected chi connectivity index (χ4v) is 5.96. The van der Waals surface area contributed by atoms with Crippen LogP contribution in [0.1, 0.15) is 37.7 Å². The minimum Gasteiger partial charge on any atom is -0.490 e. The Labute approximate surface area is 215 Å². The van der Waals surface area contributed by atoms with Crippen LogP contribution in [0.4, 0.5) is 0 Å². The molecule has 1 aliphatic carbocycles. The van der Waals surface area contributed by atoms with Crippen molar-refractivity contribution in [3.63, 3.8) is 0 Å². The predicted molar refractivity (Wildman–Crippen MR) is 147 cm³/mol. The SMILES string of the molecule is C=CCOc1ccc(-c2nn(-c3ccccc3)cc2C=C2SC(=S)N(C3CCCCC3)C2=O)cc1. The highest BCUT2D eigenvalue weighted by atomic mass is 32.2. The van der Waals surface area contributed by atoms with Gasteiger partial charge in [-0.1, -0.05) is 74.1 Å². The third-order valence-corrected chi connectivity index (χ3v) is 7.64. The second-order valence-electron chi connectivity index (χ2n) is 8.68. The number of hydrogen-bond donors (Lipinski definition) is 0. The molecule has 0 atom stereocenters. The van der Waals surface area contributed by atoms with E-state index in [2.05, 4.69) is 6.58 Å². The summed E-state index contributed by atoms with van der Waals surface area (Å²) >= 11 is 7.03. The average molecular weight is 502 g/mol. The third kappa shape index (κ3) is 5.11. The van der Waals surface area contributed by atoms with E-state index in [1.807, 2.05) is 76.5 Å². The Balaban J connectivity index is 1.50. The summed E-state index contributed by atoms with van der Waals surface area (Å²) in [5, 5.41) is 4.89. The summed E-state index contributed by atoms with van der Waals surface area (Å²) < 4.78 is 8.14. The van der Waals surface area contributed by atoms with Gasteiger partial charge in [0.2, 0.25) is 0 Å². The summed E-state index contributed by atoms with van der Waals surface area (Å²) in [4.78, 5) is 15.9. The van der Waals surface area contributed by atoms with Crippen LogP contribution in [-0.4, -0.2) is 37.6 Å². The van der Waals surface area contributed by atoms with E-state index in [-0.39, 0.29) is 11.9 Å². The van der Waals surface area contributed by atoms with Crippen molar-refractivity contribution in [2.75, 3.05) is 6.61 Å². The standard InChI is InChI=1S/C28H27N3O2S2/c1-2-17-33-24-15-13-20(14-16-24)26-21(19-30(29-26)22-9-5-3-6-10-22)18-25-27(32)31(28(34)35-25)23-11-7-4-8-12-23/h2-3,5-6,9-10,13-16,18-19,23H,1,4,7-8,11-12,17H2. The average Bonchev–Trinajstić information content (AvgIpc) is 3.44. The molecule has 1 amide bonds. The molecule has 0 spiro atoms. The minimum absolute atomic E-state index is 0.0125. The van der Waals surface area contributed by atoms with E-state index in [1.165, 1.54) is 18.2 Å². The Morgan fingerprint density at radius 2 is 1.83 bits per heavy atom. The summed E-state index contributed by atoms with van der Waals surface area (Å²) in [6.07, 6.45) is 11.2. The first kappa shape index (κ1) is 23.6. The Bertz CT molecular complexity index is 1260. The largest absolute Gasteiger partial charge is 0.490 e. The molecule has 35 heavy (non-hydrogen) atoms. The molecule has 1 aliphatic heterocycles. The number of carbonyl (C=O) groups excluding carboxylic acids is 1. The highest BCUT2D eigenvalue weighted by Crippen LogP contribution is 2.38. The normalized spacial score (nSPS) is 17.8. The lowest BCUT2D eigenvalue weighted by atomic mass is 9.94. The molecule has 2 aromatic carbocycles. The first-order valence-electron chi connectivity index (χ1n) is 11.9. The molecule has 0 bridgehead atoms. The molecule has 7 heteroatoms. The molecule has 178 valence electrons. The molecule has 1 saturated carbocycles. The molecule has 0 N–H and O–H groups in total. The molecule has 2 aliphatic rings. The Hall–Kier alpha value is -3.16. The first-order valence-corrected chi connectivity index (χ1v) is 13.1. The van der Waals surface area contributed by atoms with Crippen molar-refractivity contribution in [2.24, 2.45) is 0 Å². The fourth-order valence-electron chi connectivity index (χ4n) is 4.57. The van der Waals surface area contributed by atoms with Crippen molar-refractivity contribution >= 4 is 40.3 Å². The van der Waals surface area contributed by atoms with Crippen LogP contribution >= 0.6 is 24.0 Å². The summed E-state index contributed by atoms with van der Waals surface area (Å²) in [5.41, 5.74) is 3.57. The number of hydrogen-bond acceptors (Lipinski definition) is 5. The van der Waals surface area contributed by atoms with Gasteiger partial charge in [-0.05, 0) is 55.3 Å². The van der Waals surface area contributed by atoms with E-state index in [9.17, 15) is 4.79 Å².